The zero-order valence-corrected chi connectivity index (χ0v) is 18.3. The van der Waals surface area contributed by atoms with Gasteiger partial charge in [-0.25, -0.2) is 14.8 Å². The maximum atomic E-state index is 13.5. The molecule has 1 fully saturated rings. The Bertz CT molecular complexity index is 1200. The third-order valence-electron chi connectivity index (χ3n) is 5.65. The Kier molecular flexibility index (Phi) is 5.25. The minimum absolute atomic E-state index is 0.150. The molecule has 1 aromatic carbocycles. The third-order valence-corrected chi connectivity index (χ3v) is 6.21. The van der Waals surface area contributed by atoms with Crippen molar-refractivity contribution in [2.24, 2.45) is 0 Å². The highest BCUT2D eigenvalue weighted by Crippen LogP contribution is 2.35. The summed E-state index contributed by atoms with van der Waals surface area (Å²) in [7, 11) is 1.24. The standard InChI is InChI=1S/C21H20N6O4S/c1-30-20(29)18-23-16(25-31-18)12-5-3-6-13(9-12)27-11-14-7-4-8-26(14)17-15(19(27)28)10-22-21(24-17)32-2/h3,5-6,9-10,14H,4,7-8,11H2,1-2H3/t14-/m0/s1. The molecule has 0 aliphatic carbocycles. The highest BCUT2D eigenvalue weighted by molar-refractivity contribution is 7.98. The van der Waals surface area contributed by atoms with Crippen molar-refractivity contribution in [3.05, 3.63) is 41.9 Å². The number of methoxy groups -OCH3 is 1. The van der Waals surface area contributed by atoms with Gasteiger partial charge in [0.25, 0.3) is 5.91 Å². The third kappa shape index (κ3) is 3.48. The van der Waals surface area contributed by atoms with Crippen LogP contribution in [0.15, 0.2) is 40.1 Å². The number of carbonyl (C=O) groups is 2. The lowest BCUT2D eigenvalue weighted by atomic mass is 10.1. The summed E-state index contributed by atoms with van der Waals surface area (Å²) in [5.41, 5.74) is 1.81. The van der Waals surface area contributed by atoms with Gasteiger partial charge < -0.3 is 19.1 Å². The maximum Gasteiger partial charge on any atom is 0.397 e. The molecule has 164 valence electrons. The van der Waals surface area contributed by atoms with Crippen LogP contribution < -0.4 is 9.80 Å². The Labute approximate surface area is 188 Å². The second-order valence-electron chi connectivity index (χ2n) is 7.46. The molecule has 4 heterocycles. The van der Waals surface area contributed by atoms with Crippen LogP contribution in [0.2, 0.25) is 0 Å². The van der Waals surface area contributed by atoms with Gasteiger partial charge in [0.1, 0.15) is 11.4 Å². The average molecular weight is 452 g/mol. The second kappa shape index (κ2) is 8.23. The van der Waals surface area contributed by atoms with Crippen molar-refractivity contribution < 1.29 is 18.8 Å². The molecule has 0 bridgehead atoms. The number of anilines is 2. The molecule has 0 N–H and O–H groups in total. The number of hydrogen-bond acceptors (Lipinski definition) is 10. The van der Waals surface area contributed by atoms with Crippen molar-refractivity contribution >= 4 is 35.1 Å². The van der Waals surface area contributed by atoms with E-state index in [1.807, 2.05) is 24.5 Å². The molecule has 2 aliphatic heterocycles. The molecular formula is C21H20N6O4S. The summed E-state index contributed by atoms with van der Waals surface area (Å²) in [6.07, 6.45) is 5.57. The summed E-state index contributed by atoms with van der Waals surface area (Å²) >= 11 is 1.46. The number of amides is 1. The van der Waals surface area contributed by atoms with Crippen LogP contribution in [-0.4, -0.2) is 64.5 Å². The zero-order valence-electron chi connectivity index (χ0n) is 17.5. The lowest BCUT2D eigenvalue weighted by Crippen LogP contribution is -2.39. The van der Waals surface area contributed by atoms with Crippen molar-refractivity contribution in [3.8, 4) is 11.4 Å². The van der Waals surface area contributed by atoms with E-state index in [1.165, 1.54) is 18.9 Å². The molecule has 3 aromatic rings. The molecule has 11 heteroatoms. The van der Waals surface area contributed by atoms with Crippen LogP contribution in [-0.2, 0) is 4.74 Å². The van der Waals surface area contributed by atoms with Gasteiger partial charge in [-0.2, -0.15) is 4.98 Å². The van der Waals surface area contributed by atoms with Gasteiger partial charge in [-0.3, -0.25) is 4.79 Å². The van der Waals surface area contributed by atoms with Gasteiger partial charge in [-0.1, -0.05) is 29.1 Å². The number of fused-ring (bicyclic) bond motifs is 3. The lowest BCUT2D eigenvalue weighted by molar-refractivity contribution is 0.0545. The van der Waals surface area contributed by atoms with Gasteiger partial charge in [0.05, 0.1) is 7.11 Å². The number of carbonyl (C=O) groups excluding carboxylic acids is 2. The number of esters is 1. The van der Waals surface area contributed by atoms with Gasteiger partial charge in [0.15, 0.2) is 5.16 Å². The average Bonchev–Trinajstić information content (AvgIpc) is 3.49. The molecule has 2 aromatic heterocycles. The molecule has 0 spiro atoms. The molecule has 1 saturated heterocycles. The molecule has 0 unspecified atom stereocenters. The van der Waals surface area contributed by atoms with E-state index in [1.54, 1.807) is 17.2 Å². The topological polar surface area (TPSA) is 115 Å². The van der Waals surface area contributed by atoms with Crippen LogP contribution in [0.1, 0.15) is 33.9 Å². The van der Waals surface area contributed by atoms with E-state index in [9.17, 15) is 9.59 Å². The Morgan fingerprint density at radius 1 is 1.31 bits per heavy atom. The van der Waals surface area contributed by atoms with E-state index in [2.05, 4.69) is 29.7 Å². The number of hydrogen-bond donors (Lipinski definition) is 0. The predicted octanol–water partition coefficient (Wildman–Crippen LogP) is 2.66. The van der Waals surface area contributed by atoms with E-state index in [0.29, 0.717) is 34.3 Å². The smallest absolute Gasteiger partial charge is 0.397 e. The summed E-state index contributed by atoms with van der Waals surface area (Å²) in [4.78, 5) is 42.3. The minimum Gasteiger partial charge on any atom is -0.462 e. The molecule has 0 radical (unpaired) electrons. The summed E-state index contributed by atoms with van der Waals surface area (Å²) in [5.74, 6) is -0.134. The Balaban J connectivity index is 1.53. The maximum absolute atomic E-state index is 13.5. The molecule has 1 atom stereocenters. The van der Waals surface area contributed by atoms with Crippen LogP contribution in [0.4, 0.5) is 11.5 Å². The van der Waals surface area contributed by atoms with Gasteiger partial charge in [0, 0.05) is 36.6 Å². The van der Waals surface area contributed by atoms with E-state index >= 15 is 0 Å². The van der Waals surface area contributed by atoms with Crippen LogP contribution >= 0.6 is 11.8 Å². The first-order valence-corrected chi connectivity index (χ1v) is 11.3. The number of ether oxygens (including phenoxy) is 1. The van der Waals surface area contributed by atoms with E-state index < -0.39 is 5.97 Å². The molecule has 2 aliphatic rings. The molecule has 1 amide bonds. The largest absolute Gasteiger partial charge is 0.462 e. The van der Waals surface area contributed by atoms with Crippen LogP contribution in [0.5, 0.6) is 0 Å². The molecular weight excluding hydrogens is 432 g/mol. The predicted molar refractivity (Wildman–Crippen MR) is 117 cm³/mol. The van der Waals surface area contributed by atoms with Gasteiger partial charge in [0.2, 0.25) is 5.82 Å². The highest BCUT2D eigenvalue weighted by Gasteiger charge is 2.37. The lowest BCUT2D eigenvalue weighted by Gasteiger charge is -2.27. The minimum atomic E-state index is -0.704. The molecule has 10 nitrogen and oxygen atoms in total. The van der Waals surface area contributed by atoms with Crippen molar-refractivity contribution in [2.75, 3.05) is 36.3 Å². The molecule has 5 rings (SSSR count). The first kappa shape index (κ1) is 20.4. The van der Waals surface area contributed by atoms with Gasteiger partial charge in [-0.15, -0.1) is 0 Å². The van der Waals surface area contributed by atoms with Crippen molar-refractivity contribution in [1.82, 2.24) is 20.1 Å². The first-order valence-electron chi connectivity index (χ1n) is 10.1. The second-order valence-corrected chi connectivity index (χ2v) is 8.24. The fraction of sp³-hybridized carbons (Fsp3) is 0.333. The summed E-state index contributed by atoms with van der Waals surface area (Å²) in [6, 6.07) is 7.46. The van der Waals surface area contributed by atoms with Crippen LogP contribution in [0.25, 0.3) is 11.4 Å². The zero-order chi connectivity index (χ0) is 22.2. The fourth-order valence-corrected chi connectivity index (χ4v) is 4.45. The number of aromatic nitrogens is 4. The quantitative estimate of drug-likeness (QED) is 0.332. The summed E-state index contributed by atoms with van der Waals surface area (Å²) < 4.78 is 9.60. The molecule has 32 heavy (non-hydrogen) atoms. The van der Waals surface area contributed by atoms with Gasteiger partial charge >= 0.3 is 11.9 Å². The van der Waals surface area contributed by atoms with E-state index in [-0.39, 0.29) is 23.7 Å². The summed E-state index contributed by atoms with van der Waals surface area (Å²) in [5, 5.41) is 4.52. The van der Waals surface area contributed by atoms with Crippen molar-refractivity contribution in [2.45, 2.75) is 24.0 Å². The van der Waals surface area contributed by atoms with Crippen LogP contribution in [0.3, 0.4) is 0 Å². The monoisotopic (exact) mass is 452 g/mol. The van der Waals surface area contributed by atoms with E-state index in [0.717, 1.165) is 19.4 Å². The number of nitrogens with zero attached hydrogens (tertiary/aromatic N) is 6. The van der Waals surface area contributed by atoms with E-state index in [4.69, 9.17) is 4.52 Å². The Hall–Kier alpha value is -3.47. The van der Waals surface area contributed by atoms with Crippen LogP contribution in [0, 0.1) is 0 Å². The van der Waals surface area contributed by atoms with Gasteiger partial charge in [-0.05, 0) is 31.2 Å². The normalized spacial score (nSPS) is 17.7. The molecule has 0 saturated carbocycles. The first-order chi connectivity index (χ1) is 15.6. The Morgan fingerprint density at radius 3 is 3.00 bits per heavy atom. The highest BCUT2D eigenvalue weighted by atomic mass is 32.2. The fourth-order valence-electron chi connectivity index (χ4n) is 4.12. The number of thioether (sulfide) groups is 1. The SMILES string of the molecule is COC(=O)c1nc(-c2cccc(N3C[C@@H]4CCCN4c4nc(SC)ncc4C3=O)c2)no1. The van der Waals surface area contributed by atoms with Crippen molar-refractivity contribution in [3.63, 3.8) is 0 Å². The van der Waals surface area contributed by atoms with Crippen molar-refractivity contribution in [1.29, 1.82) is 0 Å². The summed E-state index contributed by atoms with van der Waals surface area (Å²) in [6.45, 7) is 1.40. The number of rotatable bonds is 4. The number of benzene rings is 1. The Morgan fingerprint density at radius 2 is 2.19 bits per heavy atom.